The summed E-state index contributed by atoms with van der Waals surface area (Å²) < 4.78 is 11.9. The summed E-state index contributed by atoms with van der Waals surface area (Å²) >= 11 is 1.72. The lowest BCUT2D eigenvalue weighted by molar-refractivity contribution is 0.0955. The third-order valence-electron chi connectivity index (χ3n) is 3.67. The molecule has 3 aromatic carbocycles. The van der Waals surface area contributed by atoms with Crippen LogP contribution in [-0.2, 0) is 5.75 Å². The SMILES string of the molecule is CCNC(=O)c1cccc(CSC=Cc2ccccc2)c1.Fc1ccccc1. The standard InChI is InChI=1S/C18H19NOS.C6H5F/c1-2-19-18(20)17-10-6-9-16(13-17)14-21-12-11-15-7-4-3-5-8-15;7-6-4-2-1-3-5-6/h3-13H,2,14H2,1H3,(H,19,20);1-5H. The highest BCUT2D eigenvalue weighted by Gasteiger charge is 2.04. The van der Waals surface area contributed by atoms with Crippen LogP contribution >= 0.6 is 11.8 Å². The Bertz CT molecular complexity index is 866. The Kier molecular flexibility index (Phi) is 9.59. The molecule has 0 spiro atoms. The second-order valence-electron chi connectivity index (χ2n) is 5.88. The van der Waals surface area contributed by atoms with Crippen LogP contribution in [0.3, 0.4) is 0 Å². The van der Waals surface area contributed by atoms with Gasteiger partial charge in [-0.15, -0.1) is 11.8 Å². The number of hydrogen-bond donors (Lipinski definition) is 1. The minimum atomic E-state index is -0.178. The highest BCUT2D eigenvalue weighted by molar-refractivity contribution is 8.01. The zero-order chi connectivity index (χ0) is 20.0. The van der Waals surface area contributed by atoms with Crippen molar-refractivity contribution in [3.05, 3.63) is 113 Å². The van der Waals surface area contributed by atoms with Crippen LogP contribution in [-0.4, -0.2) is 12.5 Å². The molecule has 144 valence electrons. The van der Waals surface area contributed by atoms with E-state index >= 15 is 0 Å². The highest BCUT2D eigenvalue weighted by atomic mass is 32.2. The Hall–Kier alpha value is -2.85. The van der Waals surface area contributed by atoms with Crippen LogP contribution < -0.4 is 5.32 Å². The summed E-state index contributed by atoms with van der Waals surface area (Å²) in [6, 6.07) is 25.9. The lowest BCUT2D eigenvalue weighted by Crippen LogP contribution is -2.22. The summed E-state index contributed by atoms with van der Waals surface area (Å²) in [6.07, 6.45) is 2.10. The van der Waals surface area contributed by atoms with Gasteiger partial charge in [0.2, 0.25) is 0 Å². The first kappa shape index (κ1) is 21.5. The molecule has 0 radical (unpaired) electrons. The summed E-state index contributed by atoms with van der Waals surface area (Å²) in [6.45, 7) is 2.57. The van der Waals surface area contributed by atoms with Gasteiger partial charge in [-0.05, 0) is 53.8 Å². The predicted molar refractivity (Wildman–Crippen MR) is 118 cm³/mol. The summed E-state index contributed by atoms with van der Waals surface area (Å²) in [4.78, 5) is 11.8. The van der Waals surface area contributed by atoms with Crippen LogP contribution in [0.25, 0.3) is 6.08 Å². The second kappa shape index (κ2) is 12.5. The van der Waals surface area contributed by atoms with Crippen molar-refractivity contribution in [3.63, 3.8) is 0 Å². The Morgan fingerprint density at radius 3 is 2.25 bits per heavy atom. The molecule has 1 amide bonds. The van der Waals surface area contributed by atoms with Gasteiger partial charge in [-0.2, -0.15) is 0 Å². The number of carbonyl (C=O) groups is 1. The third kappa shape index (κ3) is 8.23. The quantitative estimate of drug-likeness (QED) is 0.543. The molecule has 0 heterocycles. The molecular weight excluding hydrogens is 369 g/mol. The smallest absolute Gasteiger partial charge is 0.251 e. The van der Waals surface area contributed by atoms with Gasteiger partial charge >= 0.3 is 0 Å². The molecule has 4 heteroatoms. The van der Waals surface area contributed by atoms with Gasteiger partial charge in [0.25, 0.3) is 5.91 Å². The number of hydrogen-bond acceptors (Lipinski definition) is 2. The maximum atomic E-state index is 11.9. The van der Waals surface area contributed by atoms with Crippen molar-refractivity contribution >= 4 is 23.7 Å². The summed E-state index contributed by atoms with van der Waals surface area (Å²) in [5, 5.41) is 4.91. The first-order valence-electron chi connectivity index (χ1n) is 9.10. The van der Waals surface area contributed by atoms with Crippen molar-refractivity contribution in [3.8, 4) is 0 Å². The second-order valence-corrected chi connectivity index (χ2v) is 6.77. The molecule has 0 aliphatic heterocycles. The number of rotatable bonds is 6. The lowest BCUT2D eigenvalue weighted by atomic mass is 10.1. The minimum Gasteiger partial charge on any atom is -0.352 e. The van der Waals surface area contributed by atoms with Crippen LogP contribution in [0.15, 0.2) is 90.3 Å². The summed E-state index contributed by atoms with van der Waals surface area (Å²) in [5.41, 5.74) is 3.07. The number of carbonyl (C=O) groups excluding carboxylic acids is 1. The molecule has 1 N–H and O–H groups in total. The molecule has 0 saturated carbocycles. The minimum absolute atomic E-state index is 0.0100. The molecule has 0 aliphatic carbocycles. The summed E-state index contributed by atoms with van der Waals surface area (Å²) in [7, 11) is 0. The fraction of sp³-hybridized carbons (Fsp3) is 0.125. The number of benzene rings is 3. The van der Waals surface area contributed by atoms with E-state index in [0.717, 1.165) is 16.9 Å². The average molecular weight is 394 g/mol. The van der Waals surface area contributed by atoms with Crippen LogP contribution in [0.1, 0.15) is 28.4 Å². The van der Waals surface area contributed by atoms with Gasteiger partial charge in [-0.1, -0.05) is 60.7 Å². The van der Waals surface area contributed by atoms with Gasteiger partial charge in [-0.25, -0.2) is 4.39 Å². The van der Waals surface area contributed by atoms with E-state index in [2.05, 4.69) is 28.9 Å². The van der Waals surface area contributed by atoms with Crippen molar-refractivity contribution < 1.29 is 9.18 Å². The highest BCUT2D eigenvalue weighted by Crippen LogP contribution is 2.16. The average Bonchev–Trinajstić information content (AvgIpc) is 2.73. The number of amides is 1. The fourth-order valence-electron chi connectivity index (χ4n) is 2.31. The fourth-order valence-corrected chi connectivity index (χ4v) is 3.04. The van der Waals surface area contributed by atoms with Crippen LogP contribution in [0.2, 0.25) is 0 Å². The van der Waals surface area contributed by atoms with E-state index in [9.17, 15) is 9.18 Å². The van der Waals surface area contributed by atoms with E-state index in [1.54, 1.807) is 30.0 Å². The number of halogens is 1. The first-order chi connectivity index (χ1) is 13.7. The van der Waals surface area contributed by atoms with Crippen molar-refractivity contribution in [2.45, 2.75) is 12.7 Å². The van der Waals surface area contributed by atoms with Crippen molar-refractivity contribution in [2.75, 3.05) is 6.54 Å². The van der Waals surface area contributed by atoms with E-state index < -0.39 is 0 Å². The first-order valence-corrected chi connectivity index (χ1v) is 10.1. The van der Waals surface area contributed by atoms with Crippen molar-refractivity contribution in [2.24, 2.45) is 0 Å². The Labute approximate surface area is 170 Å². The lowest BCUT2D eigenvalue weighted by Gasteiger charge is -2.04. The van der Waals surface area contributed by atoms with Gasteiger partial charge in [0.05, 0.1) is 0 Å². The molecule has 0 atom stereocenters. The van der Waals surface area contributed by atoms with Crippen molar-refractivity contribution in [1.82, 2.24) is 5.32 Å². The van der Waals surface area contributed by atoms with Crippen molar-refractivity contribution in [1.29, 1.82) is 0 Å². The Morgan fingerprint density at radius 1 is 0.964 bits per heavy atom. The molecule has 0 saturated heterocycles. The van der Waals surface area contributed by atoms with E-state index in [1.807, 2.05) is 49.4 Å². The maximum Gasteiger partial charge on any atom is 0.251 e. The largest absolute Gasteiger partial charge is 0.352 e. The normalized spacial score (nSPS) is 10.2. The van der Waals surface area contributed by atoms with Gasteiger partial charge < -0.3 is 5.32 Å². The van der Waals surface area contributed by atoms with Gasteiger partial charge in [0.15, 0.2) is 0 Å². The molecule has 28 heavy (non-hydrogen) atoms. The van der Waals surface area contributed by atoms with E-state index in [-0.39, 0.29) is 11.7 Å². The molecule has 0 unspecified atom stereocenters. The van der Waals surface area contributed by atoms with Crippen LogP contribution in [0, 0.1) is 5.82 Å². The maximum absolute atomic E-state index is 11.9. The molecule has 0 aromatic heterocycles. The predicted octanol–water partition coefficient (Wildman–Crippen LogP) is 6.17. The Morgan fingerprint density at radius 2 is 1.64 bits per heavy atom. The van der Waals surface area contributed by atoms with Gasteiger partial charge in [0.1, 0.15) is 5.82 Å². The summed E-state index contributed by atoms with van der Waals surface area (Å²) in [5.74, 6) is 0.669. The number of nitrogens with one attached hydrogen (secondary N) is 1. The molecule has 0 fully saturated rings. The van der Waals surface area contributed by atoms with Crippen LogP contribution in [0.5, 0.6) is 0 Å². The molecule has 0 aliphatic rings. The topological polar surface area (TPSA) is 29.1 Å². The van der Waals surface area contributed by atoms with Gasteiger partial charge in [-0.3, -0.25) is 4.79 Å². The van der Waals surface area contributed by atoms with E-state index in [4.69, 9.17) is 0 Å². The monoisotopic (exact) mass is 393 g/mol. The molecule has 3 aromatic rings. The zero-order valence-electron chi connectivity index (χ0n) is 15.8. The molecule has 2 nitrogen and oxygen atoms in total. The third-order valence-corrected chi connectivity index (χ3v) is 4.49. The van der Waals surface area contributed by atoms with E-state index in [1.165, 1.54) is 17.7 Å². The van der Waals surface area contributed by atoms with E-state index in [0.29, 0.717) is 6.54 Å². The molecular formula is C24H24FNOS. The zero-order valence-corrected chi connectivity index (χ0v) is 16.7. The van der Waals surface area contributed by atoms with Gasteiger partial charge in [0, 0.05) is 17.9 Å². The number of thioether (sulfide) groups is 1. The molecule has 0 bridgehead atoms. The molecule has 3 rings (SSSR count). The van der Waals surface area contributed by atoms with Crippen LogP contribution in [0.4, 0.5) is 4.39 Å². The Balaban J connectivity index is 0.000000336.